The number of phosphoric ester groups is 2. The molecule has 79 heavy (non-hydrogen) atoms. The molecule has 0 aliphatic heterocycles. The van der Waals surface area contributed by atoms with Gasteiger partial charge in [-0.05, 0) is 31.6 Å². The van der Waals surface area contributed by atoms with Gasteiger partial charge in [0, 0.05) is 25.7 Å². The molecule has 0 aromatic heterocycles. The summed E-state index contributed by atoms with van der Waals surface area (Å²) in [5, 5.41) is 10.5. The van der Waals surface area contributed by atoms with Gasteiger partial charge >= 0.3 is 39.5 Å². The first-order valence-corrected chi connectivity index (χ1v) is 34.6. The first-order valence-electron chi connectivity index (χ1n) is 31.6. The number of hydrogen-bond donors (Lipinski definition) is 3. The number of aliphatic hydroxyl groups is 1. The number of phosphoric acid groups is 2. The standard InChI is InChI=1S/C60H116O17P2/c1-6-9-12-15-18-21-22-23-24-25-26-29-36-41-46-60(65)77-56(50-71-58(63)44-39-34-31-30-32-37-42-53(4)5)52-75-79(68,69)73-48-54(61)47-72-78(66,67)74-51-55(76-59(64)45-40-35-28-20-17-14-11-8-3)49-70-57(62)43-38-33-27-19-16-13-10-7-2/h53-56,61H,6-52H2,1-5H3,(H,66,67)(H,68,69)/t54-,55+,56+/m0/s1. The fourth-order valence-electron chi connectivity index (χ4n) is 8.88. The average Bonchev–Trinajstić information content (AvgIpc) is 3.41. The van der Waals surface area contributed by atoms with E-state index in [0.717, 1.165) is 109 Å². The Morgan fingerprint density at radius 2 is 0.582 bits per heavy atom. The van der Waals surface area contributed by atoms with Crippen molar-refractivity contribution in [2.45, 2.75) is 316 Å². The number of rotatable bonds is 60. The lowest BCUT2D eigenvalue weighted by molar-refractivity contribution is -0.161. The molecule has 0 spiro atoms. The maximum Gasteiger partial charge on any atom is 0.472 e. The van der Waals surface area contributed by atoms with Gasteiger partial charge in [0.1, 0.15) is 19.3 Å². The van der Waals surface area contributed by atoms with Gasteiger partial charge in [0.2, 0.25) is 0 Å². The summed E-state index contributed by atoms with van der Waals surface area (Å²) in [6.07, 6.45) is 36.4. The van der Waals surface area contributed by atoms with Crippen LogP contribution in [0.2, 0.25) is 0 Å². The van der Waals surface area contributed by atoms with E-state index in [1.165, 1.54) is 103 Å². The molecule has 0 aliphatic rings. The molecule has 0 saturated heterocycles. The topological polar surface area (TPSA) is 237 Å². The number of unbranched alkanes of at least 4 members (excludes halogenated alkanes) is 32. The van der Waals surface area contributed by atoms with Crippen molar-refractivity contribution in [1.29, 1.82) is 0 Å². The Bertz CT molecular complexity index is 1550. The lowest BCUT2D eigenvalue weighted by Gasteiger charge is -2.21. The minimum Gasteiger partial charge on any atom is -0.462 e. The van der Waals surface area contributed by atoms with Crippen LogP contribution in [0.25, 0.3) is 0 Å². The van der Waals surface area contributed by atoms with Crippen LogP contribution in [0.3, 0.4) is 0 Å². The van der Waals surface area contributed by atoms with Crippen molar-refractivity contribution < 1.29 is 80.2 Å². The summed E-state index contributed by atoms with van der Waals surface area (Å²) in [5.41, 5.74) is 0. The van der Waals surface area contributed by atoms with Gasteiger partial charge < -0.3 is 33.8 Å². The Morgan fingerprint density at radius 1 is 0.342 bits per heavy atom. The zero-order valence-electron chi connectivity index (χ0n) is 50.5. The summed E-state index contributed by atoms with van der Waals surface area (Å²) in [5.74, 6) is -1.46. The van der Waals surface area contributed by atoms with Gasteiger partial charge in [-0.3, -0.25) is 37.3 Å². The SMILES string of the molecule is CCCCCCCCCCCCCCCCC(=O)O[C@H](COC(=O)CCCCCCCCC(C)C)COP(=O)(O)OC[C@@H](O)COP(=O)(O)OC[C@@H](COC(=O)CCCCCCCCCC)OC(=O)CCCCCCCCCC. The first-order chi connectivity index (χ1) is 38.0. The zero-order valence-corrected chi connectivity index (χ0v) is 52.3. The molecular weight excluding hydrogens is 1050 g/mol. The van der Waals surface area contributed by atoms with Crippen molar-refractivity contribution in [1.82, 2.24) is 0 Å². The highest BCUT2D eigenvalue weighted by atomic mass is 31.2. The number of carbonyl (C=O) groups is 4. The van der Waals surface area contributed by atoms with E-state index in [9.17, 15) is 43.2 Å². The summed E-state index contributed by atoms with van der Waals surface area (Å²) < 4.78 is 67.7. The number of hydrogen-bond acceptors (Lipinski definition) is 15. The lowest BCUT2D eigenvalue weighted by Crippen LogP contribution is -2.30. The van der Waals surface area contributed by atoms with Crippen LogP contribution >= 0.6 is 15.6 Å². The minimum atomic E-state index is -4.94. The Labute approximate surface area is 479 Å². The second-order valence-electron chi connectivity index (χ2n) is 22.2. The molecule has 0 aromatic carbocycles. The van der Waals surface area contributed by atoms with Crippen LogP contribution in [-0.2, 0) is 65.4 Å². The largest absolute Gasteiger partial charge is 0.472 e. The molecule has 0 heterocycles. The second-order valence-corrected chi connectivity index (χ2v) is 25.1. The molecule has 17 nitrogen and oxygen atoms in total. The van der Waals surface area contributed by atoms with E-state index in [0.29, 0.717) is 31.6 Å². The van der Waals surface area contributed by atoms with Crippen molar-refractivity contribution in [2.75, 3.05) is 39.6 Å². The fraction of sp³-hybridized carbons (Fsp3) is 0.933. The predicted molar refractivity (Wildman–Crippen MR) is 312 cm³/mol. The third kappa shape index (κ3) is 55.0. The third-order valence-corrected chi connectivity index (χ3v) is 15.7. The summed E-state index contributed by atoms with van der Waals surface area (Å²) in [6, 6.07) is 0. The van der Waals surface area contributed by atoms with Crippen LogP contribution in [0.1, 0.15) is 298 Å². The molecule has 19 heteroatoms. The van der Waals surface area contributed by atoms with Gasteiger partial charge in [-0.25, -0.2) is 9.13 Å². The van der Waals surface area contributed by atoms with E-state index in [2.05, 4.69) is 34.6 Å². The number of esters is 4. The molecule has 0 aliphatic carbocycles. The van der Waals surface area contributed by atoms with Crippen LogP contribution < -0.4 is 0 Å². The van der Waals surface area contributed by atoms with Crippen molar-refractivity contribution >= 4 is 39.5 Å². The summed E-state index contributed by atoms with van der Waals surface area (Å²) in [4.78, 5) is 71.8. The quantitative estimate of drug-likeness (QED) is 0.0222. The third-order valence-electron chi connectivity index (χ3n) is 13.8. The molecule has 0 radical (unpaired) electrons. The Balaban J connectivity index is 5.19. The minimum absolute atomic E-state index is 0.105. The van der Waals surface area contributed by atoms with E-state index in [4.69, 9.17) is 37.0 Å². The van der Waals surface area contributed by atoms with Crippen molar-refractivity contribution in [3.8, 4) is 0 Å². The zero-order chi connectivity index (χ0) is 58.5. The molecule has 5 atom stereocenters. The van der Waals surface area contributed by atoms with Crippen molar-refractivity contribution in [3.63, 3.8) is 0 Å². The predicted octanol–water partition coefficient (Wildman–Crippen LogP) is 16.2. The average molecular weight is 1170 g/mol. The molecule has 3 N–H and O–H groups in total. The van der Waals surface area contributed by atoms with Crippen LogP contribution in [0.5, 0.6) is 0 Å². The summed E-state index contributed by atoms with van der Waals surface area (Å²) >= 11 is 0. The van der Waals surface area contributed by atoms with Crippen LogP contribution in [-0.4, -0.2) is 96.7 Å². The normalized spacial score (nSPS) is 14.3. The fourth-order valence-corrected chi connectivity index (χ4v) is 10.5. The molecule has 0 amide bonds. The number of carbonyl (C=O) groups excluding carboxylic acids is 4. The Morgan fingerprint density at radius 3 is 0.861 bits per heavy atom. The van der Waals surface area contributed by atoms with Gasteiger partial charge in [0.25, 0.3) is 0 Å². The van der Waals surface area contributed by atoms with Crippen molar-refractivity contribution in [3.05, 3.63) is 0 Å². The molecule has 0 fully saturated rings. The van der Waals surface area contributed by atoms with E-state index in [1.54, 1.807) is 0 Å². The maximum absolute atomic E-state index is 12.9. The second kappa shape index (κ2) is 54.0. The van der Waals surface area contributed by atoms with Gasteiger partial charge in [-0.2, -0.15) is 0 Å². The molecule has 2 unspecified atom stereocenters. The molecular formula is C60H116O17P2. The summed E-state index contributed by atoms with van der Waals surface area (Å²) in [7, 11) is -9.87. The van der Waals surface area contributed by atoms with E-state index >= 15 is 0 Å². The lowest BCUT2D eigenvalue weighted by atomic mass is 10.0. The van der Waals surface area contributed by atoms with Gasteiger partial charge in [-0.15, -0.1) is 0 Å². The Kier molecular flexibility index (Phi) is 52.7. The van der Waals surface area contributed by atoms with Crippen LogP contribution in [0.4, 0.5) is 0 Å². The molecule has 468 valence electrons. The highest BCUT2D eigenvalue weighted by molar-refractivity contribution is 7.47. The van der Waals surface area contributed by atoms with Crippen molar-refractivity contribution in [2.24, 2.45) is 5.92 Å². The maximum atomic E-state index is 12.9. The molecule has 0 saturated carbocycles. The van der Waals surface area contributed by atoms with Crippen LogP contribution in [0, 0.1) is 5.92 Å². The summed E-state index contributed by atoms with van der Waals surface area (Å²) in [6.45, 7) is 7.03. The highest BCUT2D eigenvalue weighted by Gasteiger charge is 2.30. The smallest absolute Gasteiger partial charge is 0.462 e. The van der Waals surface area contributed by atoms with Gasteiger partial charge in [-0.1, -0.05) is 247 Å². The number of ether oxygens (including phenoxy) is 4. The van der Waals surface area contributed by atoms with Gasteiger partial charge in [0.05, 0.1) is 26.4 Å². The first kappa shape index (κ1) is 77.1. The molecule has 0 bridgehead atoms. The van der Waals surface area contributed by atoms with Crippen LogP contribution in [0.15, 0.2) is 0 Å². The van der Waals surface area contributed by atoms with Gasteiger partial charge in [0.15, 0.2) is 12.2 Å². The van der Waals surface area contributed by atoms with E-state index < -0.39 is 97.5 Å². The number of aliphatic hydroxyl groups excluding tert-OH is 1. The van der Waals surface area contributed by atoms with E-state index in [-0.39, 0.29) is 25.7 Å². The molecule has 0 rings (SSSR count). The highest BCUT2D eigenvalue weighted by Crippen LogP contribution is 2.45. The monoisotopic (exact) mass is 1170 g/mol. The Hall–Kier alpha value is -1.94. The molecule has 0 aromatic rings. The van der Waals surface area contributed by atoms with E-state index in [1.807, 2.05) is 0 Å².